The Bertz CT molecular complexity index is 465. The molecule has 0 aromatic carbocycles. The van der Waals surface area contributed by atoms with Crippen molar-refractivity contribution in [3.63, 3.8) is 0 Å². The molecular formula is C16H27NO5. The molecule has 1 fully saturated rings. The van der Waals surface area contributed by atoms with Gasteiger partial charge in [0.25, 0.3) is 0 Å². The molecule has 1 heterocycles. The summed E-state index contributed by atoms with van der Waals surface area (Å²) in [6, 6.07) is 0. The second-order valence-corrected chi connectivity index (χ2v) is 6.60. The lowest BCUT2D eigenvalue weighted by Crippen LogP contribution is -2.34. The van der Waals surface area contributed by atoms with Crippen LogP contribution >= 0.6 is 0 Å². The van der Waals surface area contributed by atoms with E-state index in [2.05, 4.69) is 5.32 Å². The normalized spacial score (nSPS) is 23.8. The van der Waals surface area contributed by atoms with Gasteiger partial charge in [0, 0.05) is 20.2 Å². The van der Waals surface area contributed by atoms with Crippen LogP contribution in [0.5, 0.6) is 0 Å². The number of carbonyl (C=O) groups is 3. The molecule has 1 rings (SSSR count). The van der Waals surface area contributed by atoms with Crippen LogP contribution in [0.4, 0.5) is 0 Å². The van der Waals surface area contributed by atoms with Crippen LogP contribution in [0.2, 0.25) is 0 Å². The highest BCUT2D eigenvalue weighted by Gasteiger charge is 2.50. The molecule has 126 valence electrons. The van der Waals surface area contributed by atoms with Gasteiger partial charge >= 0.3 is 5.97 Å². The Kier molecular flexibility index (Phi) is 6.36. The molecule has 6 nitrogen and oxygen atoms in total. The Morgan fingerprint density at radius 3 is 2.27 bits per heavy atom. The van der Waals surface area contributed by atoms with Crippen molar-refractivity contribution in [2.24, 2.45) is 17.7 Å². The highest BCUT2D eigenvalue weighted by Crippen LogP contribution is 2.27. The summed E-state index contributed by atoms with van der Waals surface area (Å²) in [4.78, 5) is 35.2. The van der Waals surface area contributed by atoms with E-state index >= 15 is 0 Å². The van der Waals surface area contributed by atoms with Crippen molar-refractivity contribution in [1.29, 1.82) is 0 Å². The third kappa shape index (κ3) is 6.13. The van der Waals surface area contributed by atoms with Crippen LogP contribution in [0.25, 0.3) is 0 Å². The minimum atomic E-state index is -1.59. The van der Waals surface area contributed by atoms with Crippen LogP contribution in [-0.4, -0.2) is 41.5 Å². The SMILES string of the molecule is [2H][C@@](CC(=O)[C@H]1O[C@@H]1C(=O)O)(CC(C)C)C(=O)NCCC(C)C. The number of rotatable bonds is 10. The number of Topliss-reactive ketones (excluding diaryl/α,β-unsaturated/α-hetero) is 1. The van der Waals surface area contributed by atoms with Crippen LogP contribution in [-0.2, 0) is 19.1 Å². The van der Waals surface area contributed by atoms with Gasteiger partial charge in [0.05, 0.1) is 0 Å². The Balaban J connectivity index is 2.68. The van der Waals surface area contributed by atoms with E-state index in [0.717, 1.165) is 6.42 Å². The standard InChI is InChI=1S/C16H27NO5/c1-9(2)5-6-17-15(19)11(7-10(3)4)8-12(18)13-14(22-13)16(20)21/h9-11,13-14H,5-8H2,1-4H3,(H,17,19)(H,20,21)/t11-,13+,14-/m0/s1/i11D. The number of hydrogen-bond donors (Lipinski definition) is 2. The summed E-state index contributed by atoms with van der Waals surface area (Å²) < 4.78 is 13.3. The van der Waals surface area contributed by atoms with Gasteiger partial charge in [-0.2, -0.15) is 0 Å². The van der Waals surface area contributed by atoms with E-state index in [1.165, 1.54) is 0 Å². The summed E-state index contributed by atoms with van der Waals surface area (Å²) >= 11 is 0. The van der Waals surface area contributed by atoms with E-state index < -0.39 is 35.8 Å². The molecule has 0 saturated carbocycles. The largest absolute Gasteiger partial charge is 0.479 e. The summed E-state index contributed by atoms with van der Waals surface area (Å²) in [5.74, 6) is -3.26. The molecule has 2 N–H and O–H groups in total. The van der Waals surface area contributed by atoms with Gasteiger partial charge in [0.2, 0.25) is 5.91 Å². The number of hydrogen-bond acceptors (Lipinski definition) is 4. The Hall–Kier alpha value is -1.43. The zero-order chi connectivity index (χ0) is 17.8. The first kappa shape index (κ1) is 16.9. The van der Waals surface area contributed by atoms with Gasteiger partial charge in [-0.15, -0.1) is 0 Å². The van der Waals surface area contributed by atoms with Gasteiger partial charge in [-0.25, -0.2) is 4.79 Å². The van der Waals surface area contributed by atoms with Crippen LogP contribution in [0, 0.1) is 17.7 Å². The number of carbonyl (C=O) groups excluding carboxylic acids is 2. The first-order valence-corrected chi connectivity index (χ1v) is 7.76. The van der Waals surface area contributed by atoms with Crippen LogP contribution in [0.1, 0.15) is 48.3 Å². The predicted octanol–water partition coefficient (Wildman–Crippen LogP) is 1.62. The maximum absolute atomic E-state index is 12.4. The van der Waals surface area contributed by atoms with E-state index in [-0.39, 0.29) is 18.8 Å². The molecule has 1 aliphatic rings. The Morgan fingerprint density at radius 2 is 1.82 bits per heavy atom. The highest BCUT2D eigenvalue weighted by atomic mass is 16.6. The third-order valence-corrected chi connectivity index (χ3v) is 3.42. The van der Waals surface area contributed by atoms with E-state index in [1.54, 1.807) is 0 Å². The third-order valence-electron chi connectivity index (χ3n) is 3.42. The number of ether oxygens (including phenoxy) is 1. The molecule has 1 amide bonds. The van der Waals surface area contributed by atoms with E-state index in [1.807, 2.05) is 27.7 Å². The number of carboxylic acid groups (broad SMARTS) is 1. The lowest BCUT2D eigenvalue weighted by Gasteiger charge is -2.18. The monoisotopic (exact) mass is 314 g/mol. The van der Waals surface area contributed by atoms with E-state index in [9.17, 15) is 14.4 Å². The molecule has 0 spiro atoms. The molecule has 22 heavy (non-hydrogen) atoms. The zero-order valence-electron chi connectivity index (χ0n) is 14.7. The van der Waals surface area contributed by atoms with Crippen LogP contribution < -0.4 is 5.32 Å². The van der Waals surface area contributed by atoms with Gasteiger partial charge in [-0.1, -0.05) is 27.7 Å². The fraction of sp³-hybridized carbons (Fsp3) is 0.812. The molecular weight excluding hydrogens is 286 g/mol. The maximum atomic E-state index is 12.4. The fourth-order valence-electron chi connectivity index (χ4n) is 2.19. The van der Waals surface area contributed by atoms with Gasteiger partial charge < -0.3 is 15.2 Å². The van der Waals surface area contributed by atoms with Crippen molar-refractivity contribution < 1.29 is 25.6 Å². The van der Waals surface area contributed by atoms with Gasteiger partial charge in [0.1, 0.15) is 0 Å². The van der Waals surface area contributed by atoms with Crippen molar-refractivity contribution in [3.8, 4) is 0 Å². The highest BCUT2D eigenvalue weighted by molar-refractivity contribution is 5.95. The summed E-state index contributed by atoms with van der Waals surface area (Å²) in [6.07, 6.45) is -1.45. The maximum Gasteiger partial charge on any atom is 0.336 e. The van der Waals surface area contributed by atoms with Crippen molar-refractivity contribution in [1.82, 2.24) is 5.32 Å². The fourth-order valence-corrected chi connectivity index (χ4v) is 2.19. The quantitative estimate of drug-likeness (QED) is 0.597. The van der Waals surface area contributed by atoms with Crippen LogP contribution in [0.15, 0.2) is 0 Å². The Labute approximate surface area is 133 Å². The van der Waals surface area contributed by atoms with Crippen molar-refractivity contribution in [3.05, 3.63) is 0 Å². The molecule has 0 aromatic rings. The smallest absolute Gasteiger partial charge is 0.336 e. The molecule has 1 saturated heterocycles. The molecule has 0 bridgehead atoms. The second-order valence-electron chi connectivity index (χ2n) is 6.60. The molecule has 0 radical (unpaired) electrons. The number of nitrogens with one attached hydrogen (secondary N) is 1. The van der Waals surface area contributed by atoms with Gasteiger partial charge in [-0.05, 0) is 24.7 Å². The average molecular weight is 314 g/mol. The second kappa shape index (κ2) is 8.27. The number of amides is 1. The average Bonchev–Trinajstić information content (AvgIpc) is 3.17. The summed E-state index contributed by atoms with van der Waals surface area (Å²) in [7, 11) is 0. The minimum absolute atomic E-state index is 0.0616. The molecule has 1 aliphatic heterocycles. The molecule has 6 heteroatoms. The number of aliphatic carboxylic acids is 1. The van der Waals surface area contributed by atoms with Crippen molar-refractivity contribution >= 4 is 17.7 Å². The van der Waals surface area contributed by atoms with Gasteiger partial charge in [0.15, 0.2) is 18.0 Å². The molecule has 0 unspecified atom stereocenters. The number of epoxide rings is 1. The summed E-state index contributed by atoms with van der Waals surface area (Å²) in [5.41, 5.74) is 0. The zero-order valence-corrected chi connectivity index (χ0v) is 13.7. The number of ketones is 1. The lowest BCUT2D eigenvalue weighted by atomic mass is 9.90. The lowest BCUT2D eigenvalue weighted by molar-refractivity contribution is -0.138. The topological polar surface area (TPSA) is 96.0 Å². The number of carboxylic acids is 1. The Morgan fingerprint density at radius 1 is 1.18 bits per heavy atom. The summed E-state index contributed by atoms with van der Waals surface area (Å²) in [5, 5.41) is 11.5. The first-order valence-electron chi connectivity index (χ1n) is 8.26. The van der Waals surface area contributed by atoms with Crippen LogP contribution in [0.3, 0.4) is 0 Å². The van der Waals surface area contributed by atoms with E-state index in [0.29, 0.717) is 12.5 Å². The van der Waals surface area contributed by atoms with Crippen molar-refractivity contribution in [2.75, 3.05) is 6.54 Å². The van der Waals surface area contributed by atoms with E-state index in [4.69, 9.17) is 11.2 Å². The first-order chi connectivity index (χ1) is 10.6. The molecule has 3 atom stereocenters. The van der Waals surface area contributed by atoms with Crippen molar-refractivity contribution in [2.45, 2.75) is 59.2 Å². The molecule has 0 aromatic heterocycles. The predicted molar refractivity (Wildman–Crippen MR) is 81.3 cm³/mol. The summed E-state index contributed by atoms with van der Waals surface area (Å²) in [6.45, 7) is 8.29. The van der Waals surface area contributed by atoms with Gasteiger partial charge in [-0.3, -0.25) is 9.59 Å². The molecule has 0 aliphatic carbocycles. The minimum Gasteiger partial charge on any atom is -0.479 e.